The Morgan fingerprint density at radius 1 is 1.10 bits per heavy atom. The van der Waals surface area contributed by atoms with Crippen molar-refractivity contribution in [2.75, 3.05) is 30.7 Å². The number of nitrogens with one attached hydrogen (secondary N) is 1. The fourth-order valence-corrected chi connectivity index (χ4v) is 1.83. The molecule has 0 aliphatic carbocycles. The summed E-state index contributed by atoms with van der Waals surface area (Å²) in [5, 5.41) is 2.99. The second kappa shape index (κ2) is 7.46. The number of amides is 3. The molecule has 1 aromatic rings. The van der Waals surface area contributed by atoms with Gasteiger partial charge in [0.25, 0.3) is 0 Å². The van der Waals surface area contributed by atoms with Crippen LogP contribution >= 0.6 is 11.6 Å². The van der Waals surface area contributed by atoms with E-state index in [1.165, 1.54) is 11.0 Å². The topological polar surface area (TPSA) is 145 Å². The largest absolute Gasteiger partial charge is 0.397 e. The predicted octanol–water partition coefficient (Wildman–Crippen LogP) is -0.867. The van der Waals surface area contributed by atoms with Crippen LogP contribution in [-0.4, -0.2) is 42.3 Å². The van der Waals surface area contributed by atoms with Gasteiger partial charge in [0.15, 0.2) is 0 Å². The third-order valence-electron chi connectivity index (χ3n) is 2.41. The summed E-state index contributed by atoms with van der Waals surface area (Å²) in [6.07, 6.45) is 0. The van der Waals surface area contributed by atoms with Gasteiger partial charge in [0.1, 0.15) is 0 Å². The molecule has 114 valence electrons. The van der Waals surface area contributed by atoms with E-state index in [0.717, 1.165) is 0 Å². The number of anilines is 2. The molecule has 0 heterocycles. The first-order chi connectivity index (χ1) is 9.77. The number of nitrogens with two attached hydrogens (primary N) is 3. The first-order valence-electron chi connectivity index (χ1n) is 5.91. The molecule has 1 aromatic carbocycles. The molecular formula is C12H16ClN5O3. The highest BCUT2D eigenvalue weighted by molar-refractivity contribution is 6.31. The molecule has 7 N–H and O–H groups in total. The Kier molecular flexibility index (Phi) is 5.94. The highest BCUT2D eigenvalue weighted by Crippen LogP contribution is 2.22. The minimum Gasteiger partial charge on any atom is -0.397 e. The molecule has 0 aliphatic heterocycles. The smallest absolute Gasteiger partial charge is 0.238 e. The zero-order chi connectivity index (χ0) is 16.0. The van der Waals surface area contributed by atoms with E-state index in [2.05, 4.69) is 5.32 Å². The van der Waals surface area contributed by atoms with E-state index in [1.807, 2.05) is 0 Å². The van der Waals surface area contributed by atoms with Gasteiger partial charge in [0.2, 0.25) is 17.7 Å². The lowest BCUT2D eigenvalue weighted by Crippen LogP contribution is -2.43. The number of rotatable bonds is 7. The molecule has 0 fully saturated rings. The van der Waals surface area contributed by atoms with Crippen LogP contribution in [0.2, 0.25) is 5.02 Å². The molecule has 0 aliphatic rings. The molecule has 21 heavy (non-hydrogen) atoms. The maximum atomic E-state index is 11.9. The second-order valence-electron chi connectivity index (χ2n) is 4.36. The van der Waals surface area contributed by atoms with Crippen LogP contribution in [0.4, 0.5) is 11.4 Å². The lowest BCUT2D eigenvalue weighted by Gasteiger charge is -2.18. The summed E-state index contributed by atoms with van der Waals surface area (Å²) in [5.41, 5.74) is 16.5. The highest BCUT2D eigenvalue weighted by atomic mass is 35.5. The summed E-state index contributed by atoms with van der Waals surface area (Å²) >= 11 is 5.75. The third-order valence-corrected chi connectivity index (χ3v) is 2.65. The average Bonchev–Trinajstić information content (AvgIpc) is 2.30. The highest BCUT2D eigenvalue weighted by Gasteiger charge is 2.16. The van der Waals surface area contributed by atoms with E-state index in [4.69, 9.17) is 28.8 Å². The van der Waals surface area contributed by atoms with Gasteiger partial charge in [-0.2, -0.15) is 0 Å². The molecule has 0 bridgehead atoms. The first kappa shape index (κ1) is 16.7. The van der Waals surface area contributed by atoms with Gasteiger partial charge in [-0.25, -0.2) is 0 Å². The molecule has 3 amide bonds. The van der Waals surface area contributed by atoms with Gasteiger partial charge < -0.3 is 22.5 Å². The average molecular weight is 314 g/mol. The maximum Gasteiger partial charge on any atom is 0.238 e. The minimum atomic E-state index is -0.671. The number of hydrogen-bond acceptors (Lipinski definition) is 5. The standard InChI is InChI=1S/C12H16ClN5O3/c13-7-1-2-9(8(14)3-7)17-12(21)6-18(4-10(15)19)5-11(16)20/h1-3H,4-6,14H2,(H2,15,19)(H2,16,20)(H,17,21). The van der Waals surface area contributed by atoms with E-state index < -0.39 is 17.7 Å². The Morgan fingerprint density at radius 2 is 1.67 bits per heavy atom. The van der Waals surface area contributed by atoms with Gasteiger partial charge in [0, 0.05) is 5.02 Å². The van der Waals surface area contributed by atoms with Gasteiger partial charge in [-0.1, -0.05) is 11.6 Å². The van der Waals surface area contributed by atoms with Gasteiger partial charge in [0.05, 0.1) is 31.0 Å². The molecule has 8 nitrogen and oxygen atoms in total. The van der Waals surface area contributed by atoms with Crippen molar-refractivity contribution in [2.24, 2.45) is 11.5 Å². The number of nitrogen functional groups attached to an aromatic ring is 1. The van der Waals surface area contributed by atoms with Crippen LogP contribution in [0.25, 0.3) is 0 Å². The lowest BCUT2D eigenvalue weighted by molar-refractivity contribution is -0.123. The number of carbonyl (C=O) groups excluding carboxylic acids is 3. The number of halogens is 1. The predicted molar refractivity (Wildman–Crippen MR) is 79.3 cm³/mol. The van der Waals surface area contributed by atoms with Crippen molar-refractivity contribution in [3.63, 3.8) is 0 Å². The number of carbonyl (C=O) groups is 3. The van der Waals surface area contributed by atoms with Crippen LogP contribution in [-0.2, 0) is 14.4 Å². The summed E-state index contributed by atoms with van der Waals surface area (Å²) in [7, 11) is 0. The van der Waals surface area contributed by atoms with Crippen molar-refractivity contribution >= 4 is 40.7 Å². The summed E-state index contributed by atoms with van der Waals surface area (Å²) in [6, 6.07) is 4.60. The van der Waals surface area contributed by atoms with Gasteiger partial charge >= 0.3 is 0 Å². The monoisotopic (exact) mass is 313 g/mol. The quantitative estimate of drug-likeness (QED) is 0.484. The lowest BCUT2D eigenvalue weighted by atomic mass is 10.2. The maximum absolute atomic E-state index is 11.9. The molecule has 0 aromatic heterocycles. The SMILES string of the molecule is NC(=O)CN(CC(N)=O)CC(=O)Nc1ccc(Cl)cc1N. The first-order valence-corrected chi connectivity index (χ1v) is 6.29. The Bertz CT molecular complexity index is 548. The number of benzene rings is 1. The van der Waals surface area contributed by atoms with E-state index >= 15 is 0 Å². The molecule has 1 rings (SSSR count). The van der Waals surface area contributed by atoms with E-state index in [-0.39, 0.29) is 19.6 Å². The fourth-order valence-electron chi connectivity index (χ4n) is 1.65. The Labute approximate surface area is 126 Å². The minimum absolute atomic E-state index is 0.228. The number of primary amides is 2. The van der Waals surface area contributed by atoms with E-state index in [9.17, 15) is 14.4 Å². The van der Waals surface area contributed by atoms with Crippen molar-refractivity contribution in [1.82, 2.24) is 4.90 Å². The normalized spacial score (nSPS) is 10.4. The molecular weight excluding hydrogens is 298 g/mol. The van der Waals surface area contributed by atoms with Crippen molar-refractivity contribution in [3.8, 4) is 0 Å². The Hall–Kier alpha value is -2.32. The molecule has 0 spiro atoms. The Balaban J connectivity index is 2.68. The van der Waals surface area contributed by atoms with Crippen LogP contribution in [0.15, 0.2) is 18.2 Å². The molecule has 0 radical (unpaired) electrons. The van der Waals surface area contributed by atoms with Crippen LogP contribution in [0, 0.1) is 0 Å². The van der Waals surface area contributed by atoms with Crippen molar-refractivity contribution in [2.45, 2.75) is 0 Å². The van der Waals surface area contributed by atoms with Gasteiger partial charge in [-0.05, 0) is 18.2 Å². The van der Waals surface area contributed by atoms with Crippen LogP contribution < -0.4 is 22.5 Å². The van der Waals surface area contributed by atoms with E-state index in [0.29, 0.717) is 16.4 Å². The van der Waals surface area contributed by atoms with Crippen LogP contribution in [0.5, 0.6) is 0 Å². The molecule has 0 saturated carbocycles. The summed E-state index contributed by atoms with van der Waals surface area (Å²) in [6.45, 7) is -0.743. The zero-order valence-corrected chi connectivity index (χ0v) is 11.9. The van der Waals surface area contributed by atoms with Crippen molar-refractivity contribution in [1.29, 1.82) is 0 Å². The fraction of sp³-hybridized carbons (Fsp3) is 0.250. The third kappa shape index (κ3) is 6.11. The van der Waals surface area contributed by atoms with Crippen molar-refractivity contribution < 1.29 is 14.4 Å². The van der Waals surface area contributed by atoms with Crippen LogP contribution in [0.1, 0.15) is 0 Å². The molecule has 0 saturated heterocycles. The molecule has 9 heteroatoms. The van der Waals surface area contributed by atoms with Gasteiger partial charge in [-0.15, -0.1) is 0 Å². The number of nitrogens with zero attached hydrogens (tertiary/aromatic N) is 1. The number of hydrogen-bond donors (Lipinski definition) is 4. The summed E-state index contributed by atoms with van der Waals surface area (Å²) in [4.78, 5) is 34.9. The molecule has 0 atom stereocenters. The molecule has 0 unspecified atom stereocenters. The summed E-state index contributed by atoms with van der Waals surface area (Å²) in [5.74, 6) is -1.81. The Morgan fingerprint density at radius 3 is 2.14 bits per heavy atom. The second-order valence-corrected chi connectivity index (χ2v) is 4.79. The zero-order valence-electron chi connectivity index (χ0n) is 11.1. The van der Waals surface area contributed by atoms with Crippen LogP contribution in [0.3, 0.4) is 0 Å². The van der Waals surface area contributed by atoms with Gasteiger partial charge in [-0.3, -0.25) is 19.3 Å². The van der Waals surface area contributed by atoms with Crippen molar-refractivity contribution in [3.05, 3.63) is 23.2 Å². The van der Waals surface area contributed by atoms with E-state index in [1.54, 1.807) is 12.1 Å². The summed E-state index contributed by atoms with van der Waals surface area (Å²) < 4.78 is 0.